The summed E-state index contributed by atoms with van der Waals surface area (Å²) in [6.07, 6.45) is 4.55. The summed E-state index contributed by atoms with van der Waals surface area (Å²) in [6.45, 7) is 0. The van der Waals surface area contributed by atoms with Crippen LogP contribution < -0.4 is 0 Å². The molecule has 0 spiro atoms. The first kappa shape index (κ1) is 10.5. The van der Waals surface area contributed by atoms with Crippen molar-refractivity contribution in [2.24, 2.45) is 5.92 Å². The highest BCUT2D eigenvalue weighted by molar-refractivity contribution is 7.99. The van der Waals surface area contributed by atoms with Crippen LogP contribution in [0.5, 0.6) is 0 Å². The van der Waals surface area contributed by atoms with Crippen molar-refractivity contribution in [2.75, 3.05) is 0 Å². The Kier molecular flexibility index (Phi) is 3.26. The van der Waals surface area contributed by atoms with Crippen molar-refractivity contribution in [2.45, 2.75) is 29.5 Å². The van der Waals surface area contributed by atoms with Gasteiger partial charge in [-0.3, -0.25) is 4.79 Å². The maximum absolute atomic E-state index is 11.0. The second kappa shape index (κ2) is 4.66. The van der Waals surface area contributed by atoms with Gasteiger partial charge in [0.05, 0.1) is 10.9 Å². The number of pyridine rings is 1. The van der Waals surface area contributed by atoms with E-state index >= 15 is 0 Å². The summed E-state index contributed by atoms with van der Waals surface area (Å²) in [6, 6.07) is 5.73. The average molecular weight is 223 g/mol. The minimum atomic E-state index is -0.666. The van der Waals surface area contributed by atoms with Crippen LogP contribution in [0.2, 0.25) is 0 Å². The standard InChI is InChI=1S/C11H13NO2S/c13-11(14)8-4-3-5-9(8)15-10-6-1-2-7-12-10/h1-2,6-9H,3-5H2,(H,13,14). The number of thioether (sulfide) groups is 1. The second-order valence-electron chi connectivity index (χ2n) is 3.70. The highest BCUT2D eigenvalue weighted by Crippen LogP contribution is 2.38. The zero-order valence-corrected chi connectivity index (χ0v) is 9.11. The van der Waals surface area contributed by atoms with E-state index in [-0.39, 0.29) is 11.2 Å². The lowest BCUT2D eigenvalue weighted by atomic mass is 10.1. The highest BCUT2D eigenvalue weighted by Gasteiger charge is 2.33. The van der Waals surface area contributed by atoms with Crippen LogP contribution in [-0.2, 0) is 4.79 Å². The zero-order chi connectivity index (χ0) is 10.7. The van der Waals surface area contributed by atoms with E-state index in [0.29, 0.717) is 0 Å². The molecule has 0 saturated heterocycles. The van der Waals surface area contributed by atoms with Gasteiger partial charge in [-0.15, -0.1) is 11.8 Å². The molecule has 3 nitrogen and oxygen atoms in total. The van der Waals surface area contributed by atoms with Gasteiger partial charge in [0.15, 0.2) is 0 Å². The van der Waals surface area contributed by atoms with Crippen molar-refractivity contribution in [3.05, 3.63) is 24.4 Å². The lowest BCUT2D eigenvalue weighted by molar-refractivity contribution is -0.141. The summed E-state index contributed by atoms with van der Waals surface area (Å²) >= 11 is 1.60. The van der Waals surface area contributed by atoms with Crippen LogP contribution in [0.3, 0.4) is 0 Å². The van der Waals surface area contributed by atoms with Crippen LogP contribution in [0.4, 0.5) is 0 Å². The van der Waals surface area contributed by atoms with E-state index in [0.717, 1.165) is 24.3 Å². The van der Waals surface area contributed by atoms with E-state index in [2.05, 4.69) is 4.98 Å². The molecule has 2 unspecified atom stereocenters. The van der Waals surface area contributed by atoms with Crippen molar-refractivity contribution < 1.29 is 9.90 Å². The summed E-state index contributed by atoms with van der Waals surface area (Å²) < 4.78 is 0. The average Bonchev–Trinajstić information content (AvgIpc) is 2.67. The molecule has 1 N–H and O–H groups in total. The fourth-order valence-electron chi connectivity index (χ4n) is 1.92. The third kappa shape index (κ3) is 2.50. The Hall–Kier alpha value is -1.03. The highest BCUT2D eigenvalue weighted by atomic mass is 32.2. The molecule has 0 aliphatic heterocycles. The van der Waals surface area contributed by atoms with Gasteiger partial charge < -0.3 is 5.11 Å². The Labute approximate surface area is 92.9 Å². The molecule has 4 heteroatoms. The first-order valence-corrected chi connectivity index (χ1v) is 5.96. The van der Waals surface area contributed by atoms with E-state index in [1.54, 1.807) is 18.0 Å². The Bertz CT molecular complexity index is 342. The molecule has 1 saturated carbocycles. The van der Waals surface area contributed by atoms with Crippen molar-refractivity contribution in [3.8, 4) is 0 Å². The van der Waals surface area contributed by atoms with Gasteiger partial charge in [-0.2, -0.15) is 0 Å². The Balaban J connectivity index is 2.03. The molecule has 15 heavy (non-hydrogen) atoms. The van der Waals surface area contributed by atoms with Crippen LogP contribution in [0.25, 0.3) is 0 Å². The molecule has 0 bridgehead atoms. The molecule has 1 fully saturated rings. The minimum absolute atomic E-state index is 0.192. The van der Waals surface area contributed by atoms with Crippen molar-refractivity contribution in [1.82, 2.24) is 4.98 Å². The number of hydrogen-bond donors (Lipinski definition) is 1. The Morgan fingerprint density at radius 3 is 3.00 bits per heavy atom. The van der Waals surface area contributed by atoms with Crippen LogP contribution in [-0.4, -0.2) is 21.3 Å². The van der Waals surface area contributed by atoms with Crippen LogP contribution in [0.15, 0.2) is 29.4 Å². The van der Waals surface area contributed by atoms with Crippen LogP contribution >= 0.6 is 11.8 Å². The van der Waals surface area contributed by atoms with Gasteiger partial charge in [0, 0.05) is 11.4 Å². The number of aliphatic carboxylic acids is 1. The van der Waals surface area contributed by atoms with Crippen molar-refractivity contribution >= 4 is 17.7 Å². The van der Waals surface area contributed by atoms with E-state index in [1.165, 1.54) is 0 Å². The maximum atomic E-state index is 11.0. The number of aromatic nitrogens is 1. The van der Waals surface area contributed by atoms with Crippen LogP contribution in [0.1, 0.15) is 19.3 Å². The van der Waals surface area contributed by atoms with Gasteiger partial charge in [0.2, 0.25) is 0 Å². The molecular formula is C11H13NO2S. The Morgan fingerprint density at radius 2 is 2.33 bits per heavy atom. The molecule has 1 heterocycles. The van der Waals surface area contributed by atoms with Gasteiger partial charge in [0.1, 0.15) is 0 Å². The number of carbonyl (C=O) groups is 1. The third-order valence-electron chi connectivity index (χ3n) is 2.68. The number of hydrogen-bond acceptors (Lipinski definition) is 3. The number of nitrogens with zero attached hydrogens (tertiary/aromatic N) is 1. The van der Waals surface area contributed by atoms with Crippen molar-refractivity contribution in [3.63, 3.8) is 0 Å². The van der Waals surface area contributed by atoms with E-state index in [1.807, 2.05) is 18.2 Å². The van der Waals surface area contributed by atoms with Gasteiger partial charge in [-0.1, -0.05) is 12.5 Å². The topological polar surface area (TPSA) is 50.2 Å². The molecule has 0 amide bonds. The first-order chi connectivity index (χ1) is 7.27. The monoisotopic (exact) mass is 223 g/mol. The van der Waals surface area contributed by atoms with E-state index in [4.69, 9.17) is 5.11 Å². The lowest BCUT2D eigenvalue weighted by Crippen LogP contribution is -2.20. The molecule has 2 atom stereocenters. The fourth-order valence-corrected chi connectivity index (χ4v) is 3.21. The molecule has 1 aromatic heterocycles. The number of carboxylic acid groups (broad SMARTS) is 1. The molecule has 0 aromatic carbocycles. The van der Waals surface area contributed by atoms with Gasteiger partial charge in [-0.25, -0.2) is 4.98 Å². The van der Waals surface area contributed by atoms with Gasteiger partial charge >= 0.3 is 5.97 Å². The Morgan fingerprint density at radius 1 is 1.47 bits per heavy atom. The van der Waals surface area contributed by atoms with E-state index in [9.17, 15) is 4.79 Å². The molecule has 0 radical (unpaired) electrons. The summed E-state index contributed by atoms with van der Waals surface area (Å²) in [7, 11) is 0. The molecule has 1 aliphatic rings. The van der Waals surface area contributed by atoms with Gasteiger partial charge in [0.25, 0.3) is 0 Å². The van der Waals surface area contributed by atoms with Crippen molar-refractivity contribution in [1.29, 1.82) is 0 Å². The zero-order valence-electron chi connectivity index (χ0n) is 8.30. The quantitative estimate of drug-likeness (QED) is 0.855. The smallest absolute Gasteiger partial charge is 0.307 e. The van der Waals surface area contributed by atoms with Crippen LogP contribution in [0, 0.1) is 5.92 Å². The second-order valence-corrected chi connectivity index (χ2v) is 4.96. The maximum Gasteiger partial charge on any atom is 0.307 e. The fraction of sp³-hybridized carbons (Fsp3) is 0.455. The molecule has 2 rings (SSSR count). The summed E-state index contributed by atoms with van der Waals surface area (Å²) in [5.74, 6) is -0.863. The molecular weight excluding hydrogens is 210 g/mol. The third-order valence-corrected chi connectivity index (χ3v) is 4.03. The molecule has 1 aliphatic carbocycles. The summed E-state index contributed by atoms with van der Waals surface area (Å²) in [4.78, 5) is 15.2. The predicted octanol–water partition coefficient (Wildman–Crippen LogP) is 2.43. The largest absolute Gasteiger partial charge is 0.481 e. The lowest BCUT2D eigenvalue weighted by Gasteiger charge is -2.14. The number of carboxylic acids is 1. The van der Waals surface area contributed by atoms with E-state index < -0.39 is 5.97 Å². The summed E-state index contributed by atoms with van der Waals surface area (Å²) in [5.41, 5.74) is 0. The SMILES string of the molecule is O=C(O)C1CCCC1Sc1ccccn1. The summed E-state index contributed by atoms with van der Waals surface area (Å²) in [5, 5.41) is 10.1. The minimum Gasteiger partial charge on any atom is -0.481 e. The normalized spacial score (nSPS) is 25.3. The number of rotatable bonds is 3. The predicted molar refractivity (Wildman–Crippen MR) is 58.9 cm³/mol. The molecule has 80 valence electrons. The van der Waals surface area contributed by atoms with Gasteiger partial charge in [-0.05, 0) is 25.0 Å². The molecule has 1 aromatic rings. The first-order valence-electron chi connectivity index (χ1n) is 5.08.